The molecule has 144 valence electrons. The molecule has 2 aromatic heterocycles. The predicted octanol–water partition coefficient (Wildman–Crippen LogP) is 3.45. The minimum atomic E-state index is -0.0464. The number of hydrogen-bond acceptors (Lipinski definition) is 3. The second-order valence-electron chi connectivity index (χ2n) is 6.99. The van der Waals surface area contributed by atoms with Crippen molar-refractivity contribution in [1.29, 1.82) is 0 Å². The summed E-state index contributed by atoms with van der Waals surface area (Å²) in [5.41, 5.74) is 3.57. The molecule has 5 rings (SSSR count). The molecule has 0 atom stereocenters. The van der Waals surface area contributed by atoms with Crippen LogP contribution < -0.4 is 5.56 Å². The fraction of sp³-hybridized carbons (Fsp3) is 0.136. The molecule has 0 aliphatic carbocycles. The highest BCUT2D eigenvalue weighted by Crippen LogP contribution is 2.22. The van der Waals surface area contributed by atoms with Crippen molar-refractivity contribution in [1.82, 2.24) is 19.1 Å². The maximum atomic E-state index is 13.3. The van der Waals surface area contributed by atoms with Gasteiger partial charge in [0.1, 0.15) is 5.65 Å². The summed E-state index contributed by atoms with van der Waals surface area (Å²) in [6.45, 7) is 0.853. The summed E-state index contributed by atoms with van der Waals surface area (Å²) in [4.78, 5) is 28.1. The van der Waals surface area contributed by atoms with Crippen LogP contribution in [0.5, 0.6) is 0 Å². The predicted molar refractivity (Wildman–Crippen MR) is 113 cm³/mol. The molecule has 6 nitrogen and oxygen atoms in total. The summed E-state index contributed by atoms with van der Waals surface area (Å²) >= 11 is 3.40. The third kappa shape index (κ3) is 2.98. The van der Waals surface area contributed by atoms with Gasteiger partial charge in [-0.2, -0.15) is 5.10 Å². The summed E-state index contributed by atoms with van der Waals surface area (Å²) in [6.07, 6.45) is 2.18. The molecule has 0 fully saturated rings. The third-order valence-electron chi connectivity index (χ3n) is 5.28. The van der Waals surface area contributed by atoms with Crippen molar-refractivity contribution in [2.75, 3.05) is 6.54 Å². The Morgan fingerprint density at radius 1 is 1.00 bits per heavy atom. The monoisotopic (exact) mass is 448 g/mol. The fourth-order valence-corrected chi connectivity index (χ4v) is 4.12. The summed E-state index contributed by atoms with van der Waals surface area (Å²) in [5, 5.41) is 4.45. The van der Waals surface area contributed by atoms with Gasteiger partial charge in [0.15, 0.2) is 0 Å². The van der Waals surface area contributed by atoms with Gasteiger partial charge in [0.25, 0.3) is 11.5 Å². The van der Waals surface area contributed by atoms with Crippen molar-refractivity contribution in [3.8, 4) is 5.69 Å². The van der Waals surface area contributed by atoms with E-state index in [9.17, 15) is 9.59 Å². The van der Waals surface area contributed by atoms with E-state index in [0.717, 1.165) is 15.9 Å². The maximum absolute atomic E-state index is 13.3. The number of hydrogen-bond donors (Lipinski definition) is 0. The number of benzene rings is 2. The SMILES string of the molecule is O=C(c1ccc(Br)cc1)N1CCc2c(n3nccc3n(-c3ccccc3)c2=O)C1. The van der Waals surface area contributed by atoms with Gasteiger partial charge < -0.3 is 4.90 Å². The van der Waals surface area contributed by atoms with E-state index in [1.165, 1.54) is 0 Å². The van der Waals surface area contributed by atoms with Crippen LogP contribution in [-0.4, -0.2) is 31.5 Å². The number of para-hydroxylation sites is 1. The van der Waals surface area contributed by atoms with Crippen LogP contribution >= 0.6 is 15.9 Å². The molecular weight excluding hydrogens is 432 g/mol. The molecule has 2 aromatic carbocycles. The van der Waals surface area contributed by atoms with Gasteiger partial charge >= 0.3 is 0 Å². The zero-order valence-corrected chi connectivity index (χ0v) is 17.0. The van der Waals surface area contributed by atoms with Crippen molar-refractivity contribution in [2.45, 2.75) is 13.0 Å². The lowest BCUT2D eigenvalue weighted by Gasteiger charge is -2.29. The van der Waals surface area contributed by atoms with E-state index in [1.54, 1.807) is 32.3 Å². The Morgan fingerprint density at radius 2 is 1.76 bits per heavy atom. The highest BCUT2D eigenvalue weighted by atomic mass is 79.9. The lowest BCUT2D eigenvalue weighted by atomic mass is 10.0. The van der Waals surface area contributed by atoms with Crippen molar-refractivity contribution < 1.29 is 4.79 Å². The smallest absolute Gasteiger partial charge is 0.261 e. The number of halogens is 1. The average molecular weight is 449 g/mol. The van der Waals surface area contributed by atoms with Crippen LogP contribution in [0.2, 0.25) is 0 Å². The van der Waals surface area contributed by atoms with Crippen LogP contribution in [0.25, 0.3) is 11.3 Å². The molecule has 0 N–H and O–H groups in total. The molecule has 1 amide bonds. The van der Waals surface area contributed by atoms with Crippen molar-refractivity contribution in [3.05, 3.63) is 98.5 Å². The quantitative estimate of drug-likeness (QED) is 0.471. The van der Waals surface area contributed by atoms with Crippen LogP contribution in [-0.2, 0) is 13.0 Å². The van der Waals surface area contributed by atoms with Crippen molar-refractivity contribution in [2.24, 2.45) is 0 Å². The van der Waals surface area contributed by atoms with Gasteiger partial charge in [-0.3, -0.25) is 14.2 Å². The Labute approximate surface area is 175 Å². The standard InChI is InChI=1S/C22H17BrN4O2/c23-16-8-6-15(7-9-16)21(28)25-13-11-18-19(14-25)27-20(10-12-24-27)26(22(18)29)17-4-2-1-3-5-17/h1-10,12H,11,13-14H2. The van der Waals surface area contributed by atoms with Crippen LogP contribution in [0.4, 0.5) is 0 Å². The second-order valence-corrected chi connectivity index (χ2v) is 7.90. The molecule has 4 aromatic rings. The van der Waals surface area contributed by atoms with E-state index in [1.807, 2.05) is 48.5 Å². The Kier molecular flexibility index (Phi) is 4.32. The van der Waals surface area contributed by atoms with Gasteiger partial charge in [-0.05, 0) is 42.8 Å². The molecule has 29 heavy (non-hydrogen) atoms. The number of fused-ring (bicyclic) bond motifs is 3. The van der Waals surface area contributed by atoms with Gasteiger partial charge in [-0.1, -0.05) is 34.1 Å². The molecule has 0 unspecified atom stereocenters. The van der Waals surface area contributed by atoms with Gasteiger partial charge in [-0.25, -0.2) is 4.52 Å². The van der Waals surface area contributed by atoms with E-state index in [2.05, 4.69) is 21.0 Å². The maximum Gasteiger partial charge on any atom is 0.261 e. The lowest BCUT2D eigenvalue weighted by Crippen LogP contribution is -2.41. The largest absolute Gasteiger partial charge is 0.332 e. The number of carbonyl (C=O) groups is 1. The number of rotatable bonds is 2. The van der Waals surface area contributed by atoms with Crippen molar-refractivity contribution in [3.63, 3.8) is 0 Å². The first-order valence-electron chi connectivity index (χ1n) is 9.34. The zero-order chi connectivity index (χ0) is 20.0. The highest BCUT2D eigenvalue weighted by molar-refractivity contribution is 9.10. The Balaban J connectivity index is 1.60. The van der Waals surface area contributed by atoms with Gasteiger partial charge in [0, 0.05) is 28.2 Å². The molecule has 0 saturated heterocycles. The zero-order valence-electron chi connectivity index (χ0n) is 15.5. The van der Waals surface area contributed by atoms with Gasteiger partial charge in [0.2, 0.25) is 0 Å². The Morgan fingerprint density at radius 3 is 2.52 bits per heavy atom. The van der Waals surface area contributed by atoms with E-state index >= 15 is 0 Å². The Bertz CT molecular complexity index is 1280. The number of amides is 1. The van der Waals surface area contributed by atoms with Crippen molar-refractivity contribution >= 4 is 27.5 Å². The molecular formula is C22H17BrN4O2. The molecule has 0 radical (unpaired) electrons. The summed E-state index contributed by atoms with van der Waals surface area (Å²) < 4.78 is 4.40. The number of aromatic nitrogens is 3. The van der Waals surface area contributed by atoms with E-state index < -0.39 is 0 Å². The summed E-state index contributed by atoms with van der Waals surface area (Å²) in [5.74, 6) is -0.0457. The topological polar surface area (TPSA) is 59.6 Å². The van der Waals surface area contributed by atoms with E-state index in [0.29, 0.717) is 36.3 Å². The minimum absolute atomic E-state index is 0.0457. The average Bonchev–Trinajstić information content (AvgIpc) is 3.24. The third-order valence-corrected chi connectivity index (χ3v) is 5.81. The number of carbonyl (C=O) groups excluding carboxylic acids is 1. The normalized spacial score (nSPS) is 13.5. The first-order valence-corrected chi connectivity index (χ1v) is 10.1. The highest BCUT2D eigenvalue weighted by Gasteiger charge is 2.27. The number of nitrogens with zero attached hydrogens (tertiary/aromatic N) is 4. The molecule has 3 heterocycles. The molecule has 0 bridgehead atoms. The first-order chi connectivity index (χ1) is 14.1. The summed E-state index contributed by atoms with van der Waals surface area (Å²) in [6, 6.07) is 18.7. The molecule has 1 aliphatic heterocycles. The van der Waals surface area contributed by atoms with Crippen LogP contribution in [0.15, 0.2) is 76.1 Å². The van der Waals surface area contributed by atoms with E-state index in [-0.39, 0.29) is 11.5 Å². The molecule has 0 spiro atoms. The van der Waals surface area contributed by atoms with E-state index in [4.69, 9.17) is 0 Å². The molecule has 1 aliphatic rings. The molecule has 0 saturated carbocycles. The first kappa shape index (κ1) is 17.9. The van der Waals surface area contributed by atoms with Crippen LogP contribution in [0.3, 0.4) is 0 Å². The van der Waals surface area contributed by atoms with Gasteiger partial charge in [-0.15, -0.1) is 0 Å². The van der Waals surface area contributed by atoms with Crippen LogP contribution in [0.1, 0.15) is 21.6 Å². The van der Waals surface area contributed by atoms with Gasteiger partial charge in [0.05, 0.1) is 24.1 Å². The second kappa shape index (κ2) is 7.00. The van der Waals surface area contributed by atoms with Crippen LogP contribution in [0, 0.1) is 0 Å². The molecule has 7 heteroatoms. The summed E-state index contributed by atoms with van der Waals surface area (Å²) in [7, 11) is 0. The minimum Gasteiger partial charge on any atom is -0.332 e. The fourth-order valence-electron chi connectivity index (χ4n) is 3.86. The lowest BCUT2D eigenvalue weighted by molar-refractivity contribution is 0.0730. The Hall–Kier alpha value is -3.19.